The van der Waals surface area contributed by atoms with Crippen LogP contribution in [0.2, 0.25) is 0 Å². The van der Waals surface area contributed by atoms with Crippen LogP contribution in [0.25, 0.3) is 11.3 Å². The van der Waals surface area contributed by atoms with Gasteiger partial charge < -0.3 is 10.5 Å². The number of thiazole rings is 1. The Kier molecular flexibility index (Phi) is 4.73. The smallest absolute Gasteiger partial charge is 0.136 e. The summed E-state index contributed by atoms with van der Waals surface area (Å²) in [6, 6.07) is 4.87. The molecule has 1 atom stereocenters. The molecular formula is C15H19FN2OS. The van der Waals surface area contributed by atoms with Gasteiger partial charge in [-0.25, -0.2) is 9.37 Å². The molecule has 1 heterocycles. The first-order valence-corrected chi connectivity index (χ1v) is 7.39. The summed E-state index contributed by atoms with van der Waals surface area (Å²) in [5.74, 6) is 0.480. The molecule has 108 valence electrons. The third kappa shape index (κ3) is 2.99. The predicted octanol–water partition coefficient (Wildman–Crippen LogP) is 3.72. The van der Waals surface area contributed by atoms with E-state index in [4.69, 9.17) is 10.5 Å². The Bertz CT molecular complexity index is 598. The van der Waals surface area contributed by atoms with Crippen LogP contribution in [0.4, 0.5) is 4.39 Å². The van der Waals surface area contributed by atoms with Crippen molar-refractivity contribution in [3.8, 4) is 17.0 Å². The second kappa shape index (κ2) is 6.33. The molecule has 0 bridgehead atoms. The van der Waals surface area contributed by atoms with Gasteiger partial charge in [0.25, 0.3) is 0 Å². The molecule has 0 aliphatic rings. The van der Waals surface area contributed by atoms with Gasteiger partial charge in [-0.1, -0.05) is 6.92 Å². The summed E-state index contributed by atoms with van der Waals surface area (Å²) in [4.78, 5) is 5.59. The lowest BCUT2D eigenvalue weighted by molar-refractivity contribution is 0.411. The maximum atomic E-state index is 14.2. The molecule has 2 N–H and O–H groups in total. The molecule has 0 radical (unpaired) electrons. The molecule has 3 nitrogen and oxygen atoms in total. The molecule has 0 saturated carbocycles. The zero-order chi connectivity index (χ0) is 14.7. The van der Waals surface area contributed by atoms with E-state index in [0.717, 1.165) is 22.0 Å². The molecule has 0 aliphatic carbocycles. The van der Waals surface area contributed by atoms with Gasteiger partial charge in [0.2, 0.25) is 0 Å². The van der Waals surface area contributed by atoms with E-state index in [0.29, 0.717) is 17.9 Å². The lowest BCUT2D eigenvalue weighted by atomic mass is 10.0. The highest BCUT2D eigenvalue weighted by atomic mass is 32.1. The first kappa shape index (κ1) is 14.9. The average molecular weight is 294 g/mol. The quantitative estimate of drug-likeness (QED) is 0.914. The molecule has 2 rings (SSSR count). The number of ether oxygens (including phenoxy) is 1. The minimum absolute atomic E-state index is 0.280. The molecule has 0 spiro atoms. The number of rotatable bonds is 5. The van der Waals surface area contributed by atoms with Crippen molar-refractivity contribution < 1.29 is 9.13 Å². The summed E-state index contributed by atoms with van der Waals surface area (Å²) in [7, 11) is 1.52. The van der Waals surface area contributed by atoms with E-state index < -0.39 is 0 Å². The topological polar surface area (TPSA) is 48.1 Å². The van der Waals surface area contributed by atoms with Gasteiger partial charge in [-0.2, -0.15) is 0 Å². The van der Waals surface area contributed by atoms with E-state index in [9.17, 15) is 4.39 Å². The fourth-order valence-electron chi connectivity index (χ4n) is 2.17. The van der Waals surface area contributed by atoms with Crippen LogP contribution < -0.4 is 10.5 Å². The summed E-state index contributed by atoms with van der Waals surface area (Å²) in [5, 5.41) is 0.939. The fraction of sp³-hybridized carbons (Fsp3) is 0.400. The first-order valence-electron chi connectivity index (χ1n) is 6.58. The molecule has 0 saturated heterocycles. The molecule has 0 fully saturated rings. The molecule has 5 heteroatoms. The van der Waals surface area contributed by atoms with Crippen molar-refractivity contribution in [1.29, 1.82) is 0 Å². The Balaban J connectivity index is 2.47. The third-order valence-corrected chi connectivity index (χ3v) is 4.44. The molecule has 1 aromatic carbocycles. The number of methoxy groups -OCH3 is 1. The molecule has 0 aliphatic heterocycles. The minimum atomic E-state index is -0.309. The van der Waals surface area contributed by atoms with Crippen molar-refractivity contribution in [2.45, 2.75) is 26.2 Å². The third-order valence-electron chi connectivity index (χ3n) is 3.24. The molecule has 2 aromatic rings. The summed E-state index contributed by atoms with van der Waals surface area (Å²) < 4.78 is 19.3. The lowest BCUT2D eigenvalue weighted by Gasteiger charge is -2.11. The first-order chi connectivity index (χ1) is 9.56. The second-order valence-corrected chi connectivity index (χ2v) is 6.00. The van der Waals surface area contributed by atoms with Crippen LogP contribution in [0.5, 0.6) is 5.75 Å². The van der Waals surface area contributed by atoms with Crippen molar-refractivity contribution in [3.05, 3.63) is 33.9 Å². The normalized spacial score (nSPS) is 12.4. The lowest BCUT2D eigenvalue weighted by Crippen LogP contribution is -2.04. The Hall–Kier alpha value is -1.46. The summed E-state index contributed by atoms with van der Waals surface area (Å²) >= 11 is 1.61. The number of hydrogen-bond donors (Lipinski definition) is 1. The van der Waals surface area contributed by atoms with Gasteiger partial charge in [-0.3, -0.25) is 0 Å². The van der Waals surface area contributed by atoms with Gasteiger partial charge in [0.05, 0.1) is 17.8 Å². The van der Waals surface area contributed by atoms with Gasteiger partial charge >= 0.3 is 0 Å². The highest BCUT2D eigenvalue weighted by Gasteiger charge is 2.19. The maximum Gasteiger partial charge on any atom is 0.136 e. The van der Waals surface area contributed by atoms with Crippen LogP contribution in [0.1, 0.15) is 29.1 Å². The van der Waals surface area contributed by atoms with Crippen molar-refractivity contribution in [2.75, 3.05) is 13.7 Å². The van der Waals surface area contributed by atoms with Crippen LogP contribution in [0.3, 0.4) is 0 Å². The van der Waals surface area contributed by atoms with Crippen LogP contribution >= 0.6 is 11.3 Å². The summed E-state index contributed by atoms with van der Waals surface area (Å²) in [6.45, 7) is 4.65. The van der Waals surface area contributed by atoms with E-state index >= 15 is 0 Å². The number of nitrogens with zero attached hydrogens (tertiary/aromatic N) is 1. The van der Waals surface area contributed by atoms with Crippen molar-refractivity contribution >= 4 is 11.3 Å². The van der Waals surface area contributed by atoms with Crippen LogP contribution in [-0.2, 0) is 0 Å². The molecule has 1 unspecified atom stereocenters. The Labute approximate surface area is 122 Å². The highest BCUT2D eigenvalue weighted by molar-refractivity contribution is 7.12. The van der Waals surface area contributed by atoms with Crippen molar-refractivity contribution in [2.24, 2.45) is 5.73 Å². The summed E-state index contributed by atoms with van der Waals surface area (Å²) in [5.41, 5.74) is 6.88. The van der Waals surface area contributed by atoms with Gasteiger partial charge in [-0.15, -0.1) is 11.3 Å². The Morgan fingerprint density at radius 3 is 2.80 bits per heavy atom. The van der Waals surface area contributed by atoms with Gasteiger partial charge in [-0.05, 0) is 37.9 Å². The average Bonchev–Trinajstić information content (AvgIpc) is 2.80. The largest absolute Gasteiger partial charge is 0.497 e. The minimum Gasteiger partial charge on any atom is -0.497 e. The van der Waals surface area contributed by atoms with Gasteiger partial charge in [0.1, 0.15) is 11.6 Å². The zero-order valence-electron chi connectivity index (χ0n) is 11.9. The number of aromatic nitrogens is 1. The number of aryl methyl sites for hydroxylation is 1. The van der Waals surface area contributed by atoms with E-state index in [1.54, 1.807) is 23.5 Å². The second-order valence-electron chi connectivity index (χ2n) is 4.77. The fourth-order valence-corrected chi connectivity index (χ4v) is 3.19. The molecular weight excluding hydrogens is 275 g/mol. The highest BCUT2D eigenvalue weighted by Crippen LogP contribution is 2.36. The van der Waals surface area contributed by atoms with Crippen molar-refractivity contribution in [3.63, 3.8) is 0 Å². The van der Waals surface area contributed by atoms with E-state index in [-0.39, 0.29) is 11.7 Å². The van der Waals surface area contributed by atoms with E-state index in [2.05, 4.69) is 11.9 Å². The molecule has 1 aromatic heterocycles. The predicted molar refractivity (Wildman–Crippen MR) is 80.9 cm³/mol. The van der Waals surface area contributed by atoms with Crippen LogP contribution in [0, 0.1) is 12.7 Å². The van der Waals surface area contributed by atoms with Crippen LogP contribution in [-0.4, -0.2) is 18.6 Å². The number of nitrogens with two attached hydrogens (primary N) is 1. The zero-order valence-corrected chi connectivity index (χ0v) is 12.8. The number of hydrogen-bond acceptors (Lipinski definition) is 4. The summed E-state index contributed by atoms with van der Waals surface area (Å²) in [6.07, 6.45) is 0.867. The van der Waals surface area contributed by atoms with E-state index in [1.165, 1.54) is 13.2 Å². The molecule has 0 amide bonds. The Morgan fingerprint density at radius 2 is 2.20 bits per heavy atom. The SMILES string of the molecule is COc1ccc(-c2nc(C)sc2C(C)CCN)c(F)c1. The number of benzene rings is 1. The number of halogens is 1. The standard InChI is InChI=1S/C15H19FN2OS/c1-9(6-7-17)15-14(18-10(2)20-15)12-5-4-11(19-3)8-13(12)16/h4-5,8-9H,6-7,17H2,1-3H3. The van der Waals surface area contributed by atoms with Gasteiger partial charge in [0, 0.05) is 16.5 Å². The van der Waals surface area contributed by atoms with Crippen molar-refractivity contribution in [1.82, 2.24) is 4.98 Å². The van der Waals surface area contributed by atoms with Crippen LogP contribution in [0.15, 0.2) is 18.2 Å². The maximum absolute atomic E-state index is 14.2. The van der Waals surface area contributed by atoms with Gasteiger partial charge in [0.15, 0.2) is 0 Å². The Morgan fingerprint density at radius 1 is 1.45 bits per heavy atom. The monoisotopic (exact) mass is 294 g/mol. The molecule has 20 heavy (non-hydrogen) atoms. The van der Waals surface area contributed by atoms with E-state index in [1.807, 2.05) is 6.92 Å².